The monoisotopic (exact) mass is 223 g/mol. The molecule has 3 nitrogen and oxygen atoms in total. The third-order valence-corrected chi connectivity index (χ3v) is 4.22. The van der Waals surface area contributed by atoms with Gasteiger partial charge in [-0.15, -0.1) is 0 Å². The van der Waals surface area contributed by atoms with Crippen LogP contribution in [-0.2, 0) is 0 Å². The summed E-state index contributed by atoms with van der Waals surface area (Å²) >= 11 is 0. The van der Waals surface area contributed by atoms with Crippen molar-refractivity contribution in [3.63, 3.8) is 0 Å². The van der Waals surface area contributed by atoms with Crippen molar-refractivity contribution in [2.45, 2.75) is 52.0 Å². The molecule has 1 rings (SSSR count). The molecule has 1 fully saturated rings. The molecule has 0 spiro atoms. The molecule has 2 N–H and O–H groups in total. The molecule has 1 unspecified atom stereocenters. The summed E-state index contributed by atoms with van der Waals surface area (Å²) in [6.45, 7) is 9.29. The van der Waals surface area contributed by atoms with Crippen molar-refractivity contribution in [3.8, 4) is 6.07 Å². The predicted molar refractivity (Wildman–Crippen MR) is 66.9 cm³/mol. The second-order valence-electron chi connectivity index (χ2n) is 5.51. The minimum Gasteiger partial charge on any atom is -0.313 e. The van der Waals surface area contributed by atoms with Crippen molar-refractivity contribution in [1.29, 1.82) is 5.26 Å². The van der Waals surface area contributed by atoms with Crippen molar-refractivity contribution in [2.75, 3.05) is 19.6 Å². The predicted octanol–water partition coefficient (Wildman–Crippen LogP) is 2.13. The quantitative estimate of drug-likeness (QED) is 0.794. The molecular weight excluding hydrogens is 198 g/mol. The molecular formula is C13H25N3. The standard InChI is InChI=1S/C13H25N3/c1-4-13(5-2)6-8-16(9-7-13)11-12(3,15)10-14/h4-9,11,15H2,1-3H3. The summed E-state index contributed by atoms with van der Waals surface area (Å²) in [5.74, 6) is 0. The third kappa shape index (κ3) is 3.20. The zero-order valence-corrected chi connectivity index (χ0v) is 10.9. The Morgan fingerprint density at radius 2 is 1.81 bits per heavy atom. The fraction of sp³-hybridized carbons (Fsp3) is 0.923. The van der Waals surface area contributed by atoms with E-state index in [9.17, 15) is 0 Å². The molecule has 3 heteroatoms. The molecule has 0 aromatic carbocycles. The van der Waals surface area contributed by atoms with Gasteiger partial charge in [-0.1, -0.05) is 26.7 Å². The van der Waals surface area contributed by atoms with Gasteiger partial charge in [0.2, 0.25) is 0 Å². The van der Waals surface area contributed by atoms with E-state index >= 15 is 0 Å². The van der Waals surface area contributed by atoms with E-state index in [1.54, 1.807) is 0 Å². The number of nitrogens with zero attached hydrogens (tertiary/aromatic N) is 2. The molecule has 1 saturated heterocycles. The first-order chi connectivity index (χ1) is 7.47. The van der Waals surface area contributed by atoms with E-state index in [1.807, 2.05) is 6.92 Å². The lowest BCUT2D eigenvalue weighted by Crippen LogP contribution is -2.50. The Bertz CT molecular complexity index is 251. The van der Waals surface area contributed by atoms with Crippen molar-refractivity contribution < 1.29 is 0 Å². The highest BCUT2D eigenvalue weighted by atomic mass is 15.2. The molecule has 0 radical (unpaired) electrons. The Hall–Kier alpha value is -0.590. The maximum absolute atomic E-state index is 8.92. The van der Waals surface area contributed by atoms with Gasteiger partial charge >= 0.3 is 0 Å². The number of nitrogens with two attached hydrogens (primary N) is 1. The van der Waals surface area contributed by atoms with Crippen LogP contribution in [0.3, 0.4) is 0 Å². The fourth-order valence-electron chi connectivity index (χ4n) is 2.64. The second-order valence-corrected chi connectivity index (χ2v) is 5.51. The highest BCUT2D eigenvalue weighted by molar-refractivity contribution is 5.03. The molecule has 0 aromatic rings. The van der Waals surface area contributed by atoms with Crippen LogP contribution in [0.4, 0.5) is 0 Å². The van der Waals surface area contributed by atoms with Gasteiger partial charge in [0, 0.05) is 6.54 Å². The highest BCUT2D eigenvalue weighted by Gasteiger charge is 2.33. The molecule has 92 valence electrons. The van der Waals surface area contributed by atoms with Crippen LogP contribution in [0.5, 0.6) is 0 Å². The summed E-state index contributed by atoms with van der Waals surface area (Å²) in [6, 6.07) is 2.17. The zero-order chi connectivity index (χ0) is 12.2. The Balaban J connectivity index is 2.47. The first kappa shape index (κ1) is 13.5. The van der Waals surface area contributed by atoms with E-state index in [1.165, 1.54) is 25.7 Å². The number of hydrogen-bond acceptors (Lipinski definition) is 3. The molecule has 0 saturated carbocycles. The Labute approximate surface area is 99.6 Å². The lowest BCUT2D eigenvalue weighted by molar-refractivity contribution is 0.0872. The lowest BCUT2D eigenvalue weighted by Gasteiger charge is -2.42. The van der Waals surface area contributed by atoms with Crippen LogP contribution < -0.4 is 5.73 Å². The molecule has 1 heterocycles. The van der Waals surface area contributed by atoms with Gasteiger partial charge in [0.25, 0.3) is 0 Å². The average Bonchev–Trinajstić information content (AvgIpc) is 2.30. The highest BCUT2D eigenvalue weighted by Crippen LogP contribution is 2.37. The smallest absolute Gasteiger partial charge is 0.114 e. The number of piperidine rings is 1. The van der Waals surface area contributed by atoms with E-state index in [2.05, 4.69) is 24.8 Å². The fourth-order valence-corrected chi connectivity index (χ4v) is 2.64. The van der Waals surface area contributed by atoms with Crippen molar-refractivity contribution in [3.05, 3.63) is 0 Å². The van der Waals surface area contributed by atoms with Crippen LogP contribution in [0.2, 0.25) is 0 Å². The van der Waals surface area contributed by atoms with Crippen LogP contribution in [0.15, 0.2) is 0 Å². The van der Waals surface area contributed by atoms with Crippen LogP contribution in [0, 0.1) is 16.7 Å². The van der Waals surface area contributed by atoms with Gasteiger partial charge in [0.1, 0.15) is 5.54 Å². The summed E-state index contributed by atoms with van der Waals surface area (Å²) in [4.78, 5) is 2.34. The van der Waals surface area contributed by atoms with E-state index in [0.29, 0.717) is 12.0 Å². The summed E-state index contributed by atoms with van der Waals surface area (Å²) in [5.41, 5.74) is 5.73. The van der Waals surface area contributed by atoms with E-state index < -0.39 is 5.54 Å². The molecule has 1 aliphatic heterocycles. The minimum atomic E-state index is -0.696. The number of likely N-dealkylation sites (tertiary alicyclic amines) is 1. The van der Waals surface area contributed by atoms with Crippen molar-refractivity contribution >= 4 is 0 Å². The Morgan fingerprint density at radius 1 is 1.31 bits per heavy atom. The van der Waals surface area contributed by atoms with E-state index in [0.717, 1.165) is 13.1 Å². The molecule has 0 bridgehead atoms. The van der Waals surface area contributed by atoms with Gasteiger partial charge in [-0.05, 0) is 38.3 Å². The third-order valence-electron chi connectivity index (χ3n) is 4.22. The van der Waals surface area contributed by atoms with Gasteiger partial charge in [-0.25, -0.2) is 0 Å². The molecule has 1 aliphatic rings. The lowest BCUT2D eigenvalue weighted by atomic mass is 9.74. The molecule has 0 amide bonds. The normalized spacial score (nSPS) is 24.7. The topological polar surface area (TPSA) is 53.0 Å². The van der Waals surface area contributed by atoms with Gasteiger partial charge in [0.15, 0.2) is 0 Å². The largest absolute Gasteiger partial charge is 0.313 e. The summed E-state index contributed by atoms with van der Waals surface area (Å²) in [6.07, 6.45) is 5.05. The van der Waals surface area contributed by atoms with Crippen molar-refractivity contribution in [2.24, 2.45) is 11.1 Å². The first-order valence-corrected chi connectivity index (χ1v) is 6.39. The molecule has 0 aromatic heterocycles. The van der Waals surface area contributed by atoms with Gasteiger partial charge < -0.3 is 10.6 Å². The van der Waals surface area contributed by atoms with E-state index in [4.69, 9.17) is 11.0 Å². The molecule has 0 aliphatic carbocycles. The first-order valence-electron chi connectivity index (χ1n) is 6.39. The van der Waals surface area contributed by atoms with Crippen LogP contribution >= 0.6 is 0 Å². The minimum absolute atomic E-state index is 0.550. The summed E-state index contributed by atoms with van der Waals surface area (Å²) in [7, 11) is 0. The summed E-state index contributed by atoms with van der Waals surface area (Å²) in [5, 5.41) is 8.92. The van der Waals surface area contributed by atoms with Crippen LogP contribution in [0.25, 0.3) is 0 Å². The van der Waals surface area contributed by atoms with Gasteiger partial charge in [-0.2, -0.15) is 5.26 Å². The second kappa shape index (κ2) is 5.16. The SMILES string of the molecule is CCC1(CC)CCN(CC(C)(N)C#N)CC1. The molecule has 1 atom stereocenters. The number of rotatable bonds is 4. The van der Waals surface area contributed by atoms with Gasteiger partial charge in [0.05, 0.1) is 6.07 Å². The molecule has 16 heavy (non-hydrogen) atoms. The van der Waals surface area contributed by atoms with Crippen molar-refractivity contribution in [1.82, 2.24) is 4.90 Å². The maximum atomic E-state index is 8.92. The number of hydrogen-bond donors (Lipinski definition) is 1. The summed E-state index contributed by atoms with van der Waals surface area (Å²) < 4.78 is 0. The van der Waals surface area contributed by atoms with E-state index in [-0.39, 0.29) is 0 Å². The van der Waals surface area contributed by atoms with Crippen LogP contribution in [-0.4, -0.2) is 30.1 Å². The zero-order valence-electron chi connectivity index (χ0n) is 10.9. The average molecular weight is 223 g/mol. The Kier molecular flexibility index (Phi) is 4.35. The van der Waals surface area contributed by atoms with Crippen LogP contribution in [0.1, 0.15) is 46.5 Å². The number of nitriles is 1. The van der Waals surface area contributed by atoms with Gasteiger partial charge in [-0.3, -0.25) is 0 Å². The Morgan fingerprint density at radius 3 is 2.19 bits per heavy atom. The maximum Gasteiger partial charge on any atom is 0.114 e.